The van der Waals surface area contributed by atoms with E-state index >= 15 is 0 Å². The Balaban J connectivity index is 0.00000312. The van der Waals surface area contributed by atoms with Crippen LogP contribution in [0.2, 0.25) is 0 Å². The number of guanidine groups is 1. The molecule has 25 heavy (non-hydrogen) atoms. The van der Waals surface area contributed by atoms with Crippen LogP contribution in [0.15, 0.2) is 23.3 Å². The Hall–Kier alpha value is -1.49. The van der Waals surface area contributed by atoms with Crippen LogP contribution in [0.1, 0.15) is 12.1 Å². The van der Waals surface area contributed by atoms with Crippen LogP contribution in [-0.4, -0.2) is 62.1 Å². The summed E-state index contributed by atoms with van der Waals surface area (Å²) < 4.78 is 19.0. The topological polar surface area (TPSA) is 78.9 Å². The largest absolute Gasteiger partial charge is 0.381 e. The zero-order valence-corrected chi connectivity index (χ0v) is 16.8. The number of hydrogen-bond donors (Lipinski definition) is 2. The summed E-state index contributed by atoms with van der Waals surface area (Å²) in [5, 5.41) is 6.15. The van der Waals surface area contributed by atoms with Crippen molar-refractivity contribution in [2.75, 3.05) is 40.4 Å². The third kappa shape index (κ3) is 7.51. The van der Waals surface area contributed by atoms with Crippen molar-refractivity contribution in [3.05, 3.63) is 29.8 Å². The fraction of sp³-hybridized carbons (Fsp3) is 0.562. The van der Waals surface area contributed by atoms with Gasteiger partial charge in [-0.3, -0.25) is 9.78 Å². The molecule has 0 bridgehead atoms. The quantitative estimate of drug-likeness (QED) is 0.373. The van der Waals surface area contributed by atoms with Gasteiger partial charge in [0.05, 0.1) is 25.4 Å². The van der Waals surface area contributed by atoms with Crippen molar-refractivity contribution < 1.29 is 13.9 Å². The van der Waals surface area contributed by atoms with Crippen LogP contribution in [-0.2, 0) is 16.1 Å². The molecular formula is C16H25FIN5O2. The number of hydrogen-bond acceptors (Lipinski definition) is 4. The molecule has 0 spiro atoms. The Kier molecular flexibility index (Phi) is 9.65. The number of rotatable bonds is 6. The van der Waals surface area contributed by atoms with Gasteiger partial charge in [0.2, 0.25) is 5.91 Å². The minimum Gasteiger partial charge on any atom is -0.381 e. The van der Waals surface area contributed by atoms with Crippen LogP contribution in [0.3, 0.4) is 0 Å². The molecule has 1 aromatic rings. The first-order valence-corrected chi connectivity index (χ1v) is 7.95. The Bertz CT molecular complexity index is 579. The summed E-state index contributed by atoms with van der Waals surface area (Å²) >= 11 is 0. The second-order valence-corrected chi connectivity index (χ2v) is 5.85. The molecule has 1 aromatic heterocycles. The van der Waals surface area contributed by atoms with Crippen LogP contribution in [0.4, 0.5) is 4.39 Å². The van der Waals surface area contributed by atoms with E-state index in [-0.39, 0.29) is 48.7 Å². The molecule has 0 aliphatic carbocycles. The average molecular weight is 465 g/mol. The van der Waals surface area contributed by atoms with E-state index in [1.165, 1.54) is 23.2 Å². The first kappa shape index (κ1) is 21.6. The van der Waals surface area contributed by atoms with Gasteiger partial charge in [0.25, 0.3) is 0 Å². The fourth-order valence-electron chi connectivity index (χ4n) is 2.17. The summed E-state index contributed by atoms with van der Waals surface area (Å²) in [6.07, 6.45) is 2.52. The molecule has 1 amide bonds. The standard InChI is InChI=1S/C16H24FN5O2.HI/c1-22(2)15(23)10-21-16(19-8-12-5-7-24-11-12)20-9-14-13(17)4-3-6-18-14;/h3-4,6,12H,5,7-11H2,1-2H3,(H2,19,20,21);1H. The fourth-order valence-corrected chi connectivity index (χ4v) is 2.17. The van der Waals surface area contributed by atoms with E-state index in [0.717, 1.165) is 13.0 Å². The number of nitrogens with zero attached hydrogens (tertiary/aromatic N) is 3. The first-order valence-electron chi connectivity index (χ1n) is 7.95. The molecule has 1 fully saturated rings. The number of nitrogens with one attached hydrogen (secondary N) is 2. The molecule has 0 aromatic carbocycles. The van der Waals surface area contributed by atoms with Crippen LogP contribution in [0, 0.1) is 11.7 Å². The van der Waals surface area contributed by atoms with Crippen LogP contribution < -0.4 is 10.6 Å². The smallest absolute Gasteiger partial charge is 0.241 e. The summed E-state index contributed by atoms with van der Waals surface area (Å²) in [5.41, 5.74) is 0.265. The van der Waals surface area contributed by atoms with E-state index < -0.39 is 5.82 Å². The highest BCUT2D eigenvalue weighted by atomic mass is 127. The molecule has 0 saturated carbocycles. The van der Waals surface area contributed by atoms with Gasteiger partial charge in [-0.05, 0) is 18.6 Å². The van der Waals surface area contributed by atoms with Crippen molar-refractivity contribution in [2.45, 2.75) is 13.0 Å². The van der Waals surface area contributed by atoms with Crippen LogP contribution in [0.5, 0.6) is 0 Å². The molecular weight excluding hydrogens is 440 g/mol. The predicted molar refractivity (Wildman–Crippen MR) is 104 cm³/mol. The Morgan fingerprint density at radius 2 is 2.28 bits per heavy atom. The number of halogens is 2. The Morgan fingerprint density at radius 1 is 1.48 bits per heavy atom. The highest BCUT2D eigenvalue weighted by molar-refractivity contribution is 14.0. The van der Waals surface area contributed by atoms with E-state index in [4.69, 9.17) is 4.74 Å². The number of aromatic nitrogens is 1. The van der Waals surface area contributed by atoms with E-state index in [1.54, 1.807) is 14.1 Å². The second kappa shape index (κ2) is 11.2. The molecule has 1 unspecified atom stereocenters. The van der Waals surface area contributed by atoms with Gasteiger partial charge in [-0.25, -0.2) is 9.38 Å². The number of ether oxygens (including phenoxy) is 1. The number of carbonyl (C=O) groups is 1. The van der Waals surface area contributed by atoms with Crippen molar-refractivity contribution in [3.63, 3.8) is 0 Å². The second-order valence-electron chi connectivity index (χ2n) is 5.85. The molecule has 9 heteroatoms. The predicted octanol–water partition coefficient (Wildman–Crippen LogP) is 0.999. The molecule has 1 aliphatic rings. The van der Waals surface area contributed by atoms with Crippen LogP contribution >= 0.6 is 24.0 Å². The number of pyridine rings is 1. The normalized spacial score (nSPS) is 16.9. The zero-order valence-electron chi connectivity index (χ0n) is 14.5. The van der Waals surface area contributed by atoms with E-state index in [2.05, 4.69) is 20.6 Å². The van der Waals surface area contributed by atoms with Gasteiger partial charge >= 0.3 is 0 Å². The SMILES string of the molecule is CN(C)C(=O)CNC(=NCc1ncccc1F)NCC1CCOC1.I. The summed E-state index contributed by atoms with van der Waals surface area (Å²) in [7, 11) is 3.38. The third-order valence-electron chi connectivity index (χ3n) is 3.71. The van der Waals surface area contributed by atoms with Crippen molar-refractivity contribution in [1.82, 2.24) is 20.5 Å². The Morgan fingerprint density at radius 3 is 2.92 bits per heavy atom. The number of amides is 1. The van der Waals surface area contributed by atoms with Crippen molar-refractivity contribution >= 4 is 35.8 Å². The summed E-state index contributed by atoms with van der Waals surface area (Å²) in [5.74, 6) is 0.405. The maximum Gasteiger partial charge on any atom is 0.241 e. The summed E-state index contributed by atoms with van der Waals surface area (Å²) in [4.78, 5) is 21.5. The molecule has 140 valence electrons. The molecule has 2 rings (SSSR count). The van der Waals surface area contributed by atoms with E-state index in [1.807, 2.05) is 0 Å². The average Bonchev–Trinajstić information content (AvgIpc) is 3.08. The third-order valence-corrected chi connectivity index (χ3v) is 3.71. The number of likely N-dealkylation sites (N-methyl/N-ethyl adjacent to an activating group) is 1. The van der Waals surface area contributed by atoms with Gasteiger partial charge in [-0.1, -0.05) is 0 Å². The van der Waals surface area contributed by atoms with Gasteiger partial charge in [-0.15, -0.1) is 24.0 Å². The summed E-state index contributed by atoms with van der Waals surface area (Å²) in [6, 6.07) is 2.89. The van der Waals surface area contributed by atoms with E-state index in [0.29, 0.717) is 25.0 Å². The maximum absolute atomic E-state index is 13.6. The molecule has 2 heterocycles. The van der Waals surface area contributed by atoms with Gasteiger partial charge in [-0.2, -0.15) is 0 Å². The van der Waals surface area contributed by atoms with E-state index in [9.17, 15) is 9.18 Å². The van der Waals surface area contributed by atoms with Gasteiger partial charge in [0.15, 0.2) is 5.96 Å². The minimum atomic E-state index is -0.394. The minimum absolute atomic E-state index is 0. The molecule has 2 N–H and O–H groups in total. The van der Waals surface area contributed by atoms with Gasteiger partial charge < -0.3 is 20.3 Å². The lowest BCUT2D eigenvalue weighted by Gasteiger charge is -2.16. The van der Waals surface area contributed by atoms with Gasteiger partial charge in [0.1, 0.15) is 5.82 Å². The highest BCUT2D eigenvalue weighted by Crippen LogP contribution is 2.10. The number of carbonyl (C=O) groups excluding carboxylic acids is 1. The van der Waals surface area contributed by atoms with Crippen LogP contribution in [0.25, 0.3) is 0 Å². The lowest BCUT2D eigenvalue weighted by molar-refractivity contribution is -0.127. The molecule has 7 nitrogen and oxygen atoms in total. The highest BCUT2D eigenvalue weighted by Gasteiger charge is 2.16. The maximum atomic E-state index is 13.6. The lowest BCUT2D eigenvalue weighted by Crippen LogP contribution is -2.44. The summed E-state index contributed by atoms with van der Waals surface area (Å²) in [6.45, 7) is 2.38. The first-order chi connectivity index (χ1) is 11.6. The number of aliphatic imine (C=N–C) groups is 1. The Labute approximate surface area is 164 Å². The lowest BCUT2D eigenvalue weighted by atomic mass is 10.1. The van der Waals surface area contributed by atoms with Gasteiger partial charge in [0, 0.05) is 39.4 Å². The molecule has 0 radical (unpaired) electrons. The molecule has 1 saturated heterocycles. The monoisotopic (exact) mass is 465 g/mol. The van der Waals surface area contributed by atoms with Crippen molar-refractivity contribution in [3.8, 4) is 0 Å². The molecule has 1 aliphatic heterocycles. The van der Waals surface area contributed by atoms with Crippen molar-refractivity contribution in [2.24, 2.45) is 10.9 Å². The zero-order chi connectivity index (χ0) is 17.4. The molecule has 1 atom stereocenters. The van der Waals surface area contributed by atoms with Crippen molar-refractivity contribution in [1.29, 1.82) is 0 Å².